The zero-order valence-corrected chi connectivity index (χ0v) is 14.4. The number of nitrogens with zero attached hydrogens (tertiary/aromatic N) is 1. The molecular formula is C20H15BrN2O. The van der Waals surface area contributed by atoms with Crippen molar-refractivity contribution in [2.75, 3.05) is 10.2 Å². The van der Waals surface area contributed by atoms with E-state index >= 15 is 0 Å². The molecule has 0 fully saturated rings. The van der Waals surface area contributed by atoms with E-state index in [9.17, 15) is 4.79 Å². The smallest absolute Gasteiger partial charge is 0.262 e. The van der Waals surface area contributed by atoms with Gasteiger partial charge in [-0.1, -0.05) is 64.5 Å². The van der Waals surface area contributed by atoms with E-state index in [2.05, 4.69) is 21.2 Å². The molecule has 118 valence electrons. The van der Waals surface area contributed by atoms with Crippen LogP contribution in [0.1, 0.15) is 22.1 Å². The summed E-state index contributed by atoms with van der Waals surface area (Å²) in [6.45, 7) is 0. The molecule has 4 heteroatoms. The highest BCUT2D eigenvalue weighted by Crippen LogP contribution is 2.38. The summed E-state index contributed by atoms with van der Waals surface area (Å²) in [5, 5.41) is 3.51. The van der Waals surface area contributed by atoms with Crippen LogP contribution in [0, 0.1) is 0 Å². The predicted octanol–water partition coefficient (Wildman–Crippen LogP) is 5.22. The Balaban J connectivity index is 1.90. The van der Waals surface area contributed by atoms with Crippen molar-refractivity contribution in [2.45, 2.75) is 6.17 Å². The Morgan fingerprint density at radius 3 is 2.29 bits per heavy atom. The third kappa shape index (κ3) is 2.49. The minimum Gasteiger partial charge on any atom is -0.360 e. The van der Waals surface area contributed by atoms with Crippen LogP contribution in [0.4, 0.5) is 11.4 Å². The molecule has 0 saturated carbocycles. The molecule has 0 bridgehead atoms. The summed E-state index contributed by atoms with van der Waals surface area (Å²) in [5.41, 5.74) is 3.43. The van der Waals surface area contributed by atoms with Crippen LogP contribution >= 0.6 is 15.9 Å². The molecule has 3 nitrogen and oxygen atoms in total. The van der Waals surface area contributed by atoms with Crippen molar-refractivity contribution in [3.05, 3.63) is 94.5 Å². The number of rotatable bonds is 2. The SMILES string of the molecule is O=C1c2ccccc2NC(c2ccccc2Br)N1c1ccccc1. The lowest BCUT2D eigenvalue weighted by Gasteiger charge is -2.38. The fourth-order valence-corrected chi connectivity index (χ4v) is 3.52. The van der Waals surface area contributed by atoms with Crippen LogP contribution in [0.25, 0.3) is 0 Å². The highest BCUT2D eigenvalue weighted by atomic mass is 79.9. The number of hydrogen-bond donors (Lipinski definition) is 1. The van der Waals surface area contributed by atoms with Gasteiger partial charge in [-0.05, 0) is 30.3 Å². The second-order valence-corrected chi connectivity index (χ2v) is 6.48. The molecule has 1 aliphatic heterocycles. The molecule has 0 aliphatic carbocycles. The summed E-state index contributed by atoms with van der Waals surface area (Å²) in [5.74, 6) is -0.00342. The quantitative estimate of drug-likeness (QED) is 0.662. The van der Waals surface area contributed by atoms with Crippen LogP contribution in [0.15, 0.2) is 83.3 Å². The van der Waals surface area contributed by atoms with E-state index in [-0.39, 0.29) is 12.1 Å². The van der Waals surface area contributed by atoms with Crippen molar-refractivity contribution in [1.29, 1.82) is 0 Å². The first-order valence-corrected chi connectivity index (χ1v) is 8.53. The lowest BCUT2D eigenvalue weighted by molar-refractivity contribution is 0.0975. The summed E-state index contributed by atoms with van der Waals surface area (Å²) in [7, 11) is 0. The molecule has 0 spiro atoms. The lowest BCUT2D eigenvalue weighted by Crippen LogP contribution is -2.43. The van der Waals surface area contributed by atoms with Gasteiger partial charge in [0.15, 0.2) is 0 Å². The van der Waals surface area contributed by atoms with Gasteiger partial charge in [0.2, 0.25) is 0 Å². The molecular weight excluding hydrogens is 364 g/mol. The van der Waals surface area contributed by atoms with E-state index in [0.717, 1.165) is 21.4 Å². The summed E-state index contributed by atoms with van der Waals surface area (Å²) in [4.78, 5) is 15.0. The number of fused-ring (bicyclic) bond motifs is 1. The van der Waals surface area contributed by atoms with Crippen LogP contribution < -0.4 is 10.2 Å². The number of para-hydroxylation sites is 2. The fourth-order valence-electron chi connectivity index (χ4n) is 3.02. The minimum atomic E-state index is -0.273. The molecule has 0 radical (unpaired) electrons. The standard InChI is InChI=1S/C20H15BrN2O/c21-17-12-6-4-10-15(17)19-22-18-13-7-5-11-16(18)20(24)23(19)14-8-2-1-3-9-14/h1-13,19,22H. The van der Waals surface area contributed by atoms with Gasteiger partial charge in [-0.15, -0.1) is 0 Å². The van der Waals surface area contributed by atoms with Gasteiger partial charge in [-0.3, -0.25) is 9.69 Å². The third-order valence-corrected chi connectivity index (χ3v) is 4.88. The number of carbonyl (C=O) groups is 1. The number of halogens is 1. The van der Waals surface area contributed by atoms with Crippen molar-refractivity contribution in [2.24, 2.45) is 0 Å². The lowest BCUT2D eigenvalue weighted by atomic mass is 10.0. The van der Waals surface area contributed by atoms with Crippen molar-refractivity contribution in [3.63, 3.8) is 0 Å². The normalized spacial score (nSPS) is 16.5. The van der Waals surface area contributed by atoms with Gasteiger partial charge in [-0.25, -0.2) is 0 Å². The largest absolute Gasteiger partial charge is 0.360 e. The van der Waals surface area contributed by atoms with Crippen molar-refractivity contribution >= 4 is 33.2 Å². The van der Waals surface area contributed by atoms with Crippen molar-refractivity contribution in [1.82, 2.24) is 0 Å². The molecule has 0 saturated heterocycles. The maximum Gasteiger partial charge on any atom is 0.262 e. The van der Waals surface area contributed by atoms with Gasteiger partial charge in [0.1, 0.15) is 6.17 Å². The summed E-state index contributed by atoms with van der Waals surface area (Å²) in [6.07, 6.45) is -0.273. The van der Waals surface area contributed by atoms with E-state index in [1.54, 1.807) is 0 Å². The van der Waals surface area contributed by atoms with Gasteiger partial charge in [-0.2, -0.15) is 0 Å². The average Bonchev–Trinajstić information content (AvgIpc) is 2.63. The van der Waals surface area contributed by atoms with Gasteiger partial charge in [0, 0.05) is 21.4 Å². The van der Waals surface area contributed by atoms with Crippen LogP contribution in [0.2, 0.25) is 0 Å². The first-order valence-electron chi connectivity index (χ1n) is 7.74. The monoisotopic (exact) mass is 378 g/mol. The van der Waals surface area contributed by atoms with Crippen LogP contribution in [-0.4, -0.2) is 5.91 Å². The molecule has 3 aromatic carbocycles. The van der Waals surface area contributed by atoms with Gasteiger partial charge in [0.25, 0.3) is 5.91 Å². The highest BCUT2D eigenvalue weighted by molar-refractivity contribution is 9.10. The van der Waals surface area contributed by atoms with E-state index in [1.807, 2.05) is 83.8 Å². The molecule has 1 atom stereocenters. The molecule has 3 aromatic rings. The van der Waals surface area contributed by atoms with Crippen LogP contribution in [0.5, 0.6) is 0 Å². The Labute approximate surface area is 149 Å². The van der Waals surface area contributed by atoms with Gasteiger partial charge in [0.05, 0.1) is 5.56 Å². The first-order chi connectivity index (χ1) is 11.8. The zero-order valence-electron chi connectivity index (χ0n) is 12.8. The number of nitrogens with one attached hydrogen (secondary N) is 1. The first kappa shape index (κ1) is 15.0. The molecule has 4 rings (SSSR count). The van der Waals surface area contributed by atoms with Crippen LogP contribution in [0.3, 0.4) is 0 Å². The Bertz CT molecular complexity index is 895. The number of anilines is 2. The highest BCUT2D eigenvalue weighted by Gasteiger charge is 2.34. The summed E-state index contributed by atoms with van der Waals surface area (Å²) >= 11 is 3.61. The second kappa shape index (κ2) is 6.13. The molecule has 0 aromatic heterocycles. The van der Waals surface area contributed by atoms with Crippen molar-refractivity contribution < 1.29 is 4.79 Å². The molecule has 1 aliphatic rings. The molecule has 1 N–H and O–H groups in total. The van der Waals surface area contributed by atoms with Crippen LogP contribution in [-0.2, 0) is 0 Å². The molecule has 1 heterocycles. The number of benzene rings is 3. The Hall–Kier alpha value is -2.59. The van der Waals surface area contributed by atoms with E-state index in [4.69, 9.17) is 0 Å². The van der Waals surface area contributed by atoms with E-state index in [1.165, 1.54) is 0 Å². The molecule has 24 heavy (non-hydrogen) atoms. The van der Waals surface area contributed by atoms with E-state index < -0.39 is 0 Å². The maximum atomic E-state index is 13.2. The molecule has 1 amide bonds. The second-order valence-electron chi connectivity index (χ2n) is 5.62. The number of amides is 1. The minimum absolute atomic E-state index is 0.00342. The summed E-state index contributed by atoms with van der Waals surface area (Å²) in [6, 6.07) is 25.4. The Morgan fingerprint density at radius 2 is 1.50 bits per heavy atom. The van der Waals surface area contributed by atoms with Gasteiger partial charge >= 0.3 is 0 Å². The maximum absolute atomic E-state index is 13.2. The Morgan fingerprint density at radius 1 is 0.833 bits per heavy atom. The summed E-state index contributed by atoms with van der Waals surface area (Å²) < 4.78 is 0.968. The number of hydrogen-bond acceptors (Lipinski definition) is 2. The Kier molecular flexibility index (Phi) is 3.82. The van der Waals surface area contributed by atoms with Gasteiger partial charge < -0.3 is 5.32 Å². The third-order valence-electron chi connectivity index (χ3n) is 4.16. The zero-order chi connectivity index (χ0) is 16.5. The fraction of sp³-hybridized carbons (Fsp3) is 0.0500. The number of carbonyl (C=O) groups excluding carboxylic acids is 1. The average molecular weight is 379 g/mol. The van der Waals surface area contributed by atoms with Crippen molar-refractivity contribution in [3.8, 4) is 0 Å². The van der Waals surface area contributed by atoms with E-state index in [0.29, 0.717) is 5.56 Å². The molecule has 1 unspecified atom stereocenters. The predicted molar refractivity (Wildman–Crippen MR) is 100 cm³/mol. The topological polar surface area (TPSA) is 32.3 Å².